The summed E-state index contributed by atoms with van der Waals surface area (Å²) in [6.07, 6.45) is -0.166. The van der Waals surface area contributed by atoms with E-state index in [2.05, 4.69) is 5.32 Å². The van der Waals surface area contributed by atoms with Crippen LogP contribution in [0.1, 0.15) is 53.0 Å². The number of ketones is 1. The van der Waals surface area contributed by atoms with Crippen molar-refractivity contribution in [1.29, 1.82) is 0 Å². The number of ether oxygens (including phenoxy) is 2. The molecular formula is C24H34N2O6. The molecule has 32 heavy (non-hydrogen) atoms. The fourth-order valence-electron chi connectivity index (χ4n) is 3.31. The zero-order chi connectivity index (χ0) is 23.9. The Morgan fingerprint density at radius 1 is 1.06 bits per heavy atom. The highest BCUT2D eigenvalue weighted by molar-refractivity contribution is 6.35. The molecule has 0 aromatic heterocycles. The van der Waals surface area contributed by atoms with Gasteiger partial charge in [-0.3, -0.25) is 9.59 Å². The van der Waals surface area contributed by atoms with Gasteiger partial charge in [0, 0.05) is 31.3 Å². The molecule has 1 aromatic rings. The van der Waals surface area contributed by atoms with Gasteiger partial charge in [-0.1, -0.05) is 65.0 Å². The van der Waals surface area contributed by atoms with Crippen LogP contribution < -0.4 is 5.32 Å². The molecule has 0 saturated carbocycles. The standard InChI is InChI=1S/C24H34N2O6/c1-16(2)19(25-23(30)31-15-17-9-7-6-8-10-17)21(28)26-13-11-18(12-14-26)32-22(29)20(27)24(3,4)5/h6-10,16,18-19H,11-15H2,1-5H3,(H,25,30)/t19-/m0/s1. The summed E-state index contributed by atoms with van der Waals surface area (Å²) in [4.78, 5) is 51.0. The molecule has 8 nitrogen and oxygen atoms in total. The fraction of sp³-hybridized carbons (Fsp3) is 0.583. The summed E-state index contributed by atoms with van der Waals surface area (Å²) in [5.41, 5.74) is 0.0654. The highest BCUT2D eigenvalue weighted by Gasteiger charge is 2.35. The van der Waals surface area contributed by atoms with Crippen LogP contribution in [-0.4, -0.2) is 53.9 Å². The van der Waals surface area contributed by atoms with Crippen LogP contribution in [0.5, 0.6) is 0 Å². The van der Waals surface area contributed by atoms with Gasteiger partial charge in [-0.2, -0.15) is 0 Å². The molecule has 0 bridgehead atoms. The van der Waals surface area contributed by atoms with Gasteiger partial charge < -0.3 is 19.7 Å². The SMILES string of the molecule is CC(C)[C@H](NC(=O)OCc1ccccc1)C(=O)N1CCC(OC(=O)C(=O)C(C)(C)C)CC1. The first-order valence-electron chi connectivity index (χ1n) is 11.0. The van der Waals surface area contributed by atoms with E-state index in [1.807, 2.05) is 44.2 Å². The molecule has 1 saturated heterocycles. The van der Waals surface area contributed by atoms with E-state index in [1.54, 1.807) is 25.7 Å². The van der Waals surface area contributed by atoms with Gasteiger partial charge in [0.05, 0.1) is 0 Å². The average Bonchev–Trinajstić information content (AvgIpc) is 2.75. The maximum absolute atomic E-state index is 13.0. The first-order chi connectivity index (χ1) is 15.0. The van der Waals surface area contributed by atoms with Crippen molar-refractivity contribution in [3.8, 4) is 0 Å². The number of benzene rings is 1. The third-order valence-electron chi connectivity index (χ3n) is 5.31. The zero-order valence-electron chi connectivity index (χ0n) is 19.6. The van der Waals surface area contributed by atoms with Crippen LogP contribution in [0, 0.1) is 11.3 Å². The first-order valence-corrected chi connectivity index (χ1v) is 11.0. The molecule has 2 amide bonds. The minimum Gasteiger partial charge on any atom is -0.456 e. The number of alkyl carbamates (subject to hydrolysis) is 1. The van der Waals surface area contributed by atoms with Crippen LogP contribution >= 0.6 is 0 Å². The number of likely N-dealkylation sites (tertiary alicyclic amines) is 1. The number of nitrogens with zero attached hydrogens (tertiary/aromatic N) is 1. The van der Waals surface area contributed by atoms with E-state index in [1.165, 1.54) is 0 Å². The monoisotopic (exact) mass is 446 g/mol. The third-order valence-corrected chi connectivity index (χ3v) is 5.31. The second kappa shape index (κ2) is 11.1. The first kappa shape index (κ1) is 25.4. The summed E-state index contributed by atoms with van der Waals surface area (Å²) in [5.74, 6) is -1.72. The Morgan fingerprint density at radius 2 is 1.66 bits per heavy atom. The minimum absolute atomic E-state index is 0.121. The number of Topliss-reactive ketones (excluding diaryl/α,β-unsaturated/α-hetero) is 1. The number of piperidine rings is 1. The lowest BCUT2D eigenvalue weighted by atomic mass is 9.91. The lowest BCUT2D eigenvalue weighted by molar-refractivity contribution is -0.163. The predicted octanol–water partition coefficient (Wildman–Crippen LogP) is 3.09. The Labute approximate surface area is 189 Å². The third kappa shape index (κ3) is 7.35. The summed E-state index contributed by atoms with van der Waals surface area (Å²) < 4.78 is 10.6. The average molecular weight is 447 g/mol. The number of amides is 2. The molecule has 176 valence electrons. The summed E-state index contributed by atoms with van der Waals surface area (Å²) in [6.45, 7) is 9.59. The van der Waals surface area contributed by atoms with E-state index in [-0.39, 0.29) is 18.4 Å². The van der Waals surface area contributed by atoms with Crippen molar-refractivity contribution in [2.75, 3.05) is 13.1 Å². The van der Waals surface area contributed by atoms with Crippen LogP contribution in [0.25, 0.3) is 0 Å². The van der Waals surface area contributed by atoms with Crippen molar-refractivity contribution in [1.82, 2.24) is 10.2 Å². The van der Waals surface area contributed by atoms with Gasteiger partial charge in [0.2, 0.25) is 11.7 Å². The zero-order valence-corrected chi connectivity index (χ0v) is 19.6. The lowest BCUT2D eigenvalue weighted by Crippen LogP contribution is -2.53. The number of rotatable bonds is 7. The molecule has 0 unspecified atom stereocenters. The van der Waals surface area contributed by atoms with Gasteiger partial charge in [-0.05, 0) is 11.5 Å². The molecule has 1 fully saturated rings. The second-order valence-electron chi connectivity index (χ2n) is 9.44. The molecule has 0 spiro atoms. The largest absolute Gasteiger partial charge is 0.456 e. The summed E-state index contributed by atoms with van der Waals surface area (Å²) >= 11 is 0. The van der Waals surface area contributed by atoms with Crippen molar-refractivity contribution in [3.63, 3.8) is 0 Å². The number of hydrogen-bond donors (Lipinski definition) is 1. The quantitative estimate of drug-likeness (QED) is 0.510. The number of nitrogens with one attached hydrogen (secondary N) is 1. The predicted molar refractivity (Wildman–Crippen MR) is 119 cm³/mol. The van der Waals surface area contributed by atoms with Crippen LogP contribution in [0.3, 0.4) is 0 Å². The van der Waals surface area contributed by atoms with Gasteiger partial charge in [0.15, 0.2) is 0 Å². The second-order valence-corrected chi connectivity index (χ2v) is 9.44. The molecule has 2 rings (SSSR count). The van der Waals surface area contributed by atoms with Gasteiger partial charge >= 0.3 is 12.1 Å². The highest BCUT2D eigenvalue weighted by atomic mass is 16.6. The molecule has 1 heterocycles. The van der Waals surface area contributed by atoms with Crippen molar-refractivity contribution < 1.29 is 28.7 Å². The molecule has 0 radical (unpaired) electrons. The Bertz CT molecular complexity index is 808. The van der Waals surface area contributed by atoms with Gasteiger partial charge in [0.1, 0.15) is 18.8 Å². The fourth-order valence-corrected chi connectivity index (χ4v) is 3.31. The Morgan fingerprint density at radius 3 is 2.19 bits per heavy atom. The smallest absolute Gasteiger partial charge is 0.408 e. The minimum atomic E-state index is -0.829. The maximum atomic E-state index is 13.0. The normalized spacial score (nSPS) is 15.8. The molecule has 1 aliphatic heterocycles. The number of hydrogen-bond acceptors (Lipinski definition) is 6. The van der Waals surface area contributed by atoms with Crippen molar-refractivity contribution in [2.24, 2.45) is 11.3 Å². The Balaban J connectivity index is 1.85. The number of carbonyl (C=O) groups is 4. The summed E-state index contributed by atoms with van der Waals surface area (Å²) in [7, 11) is 0. The molecule has 0 aliphatic carbocycles. The Hall–Kier alpha value is -2.90. The van der Waals surface area contributed by atoms with E-state index in [0.29, 0.717) is 25.9 Å². The van der Waals surface area contributed by atoms with Crippen molar-refractivity contribution in [2.45, 2.75) is 66.2 Å². The molecule has 1 atom stereocenters. The van der Waals surface area contributed by atoms with Crippen LogP contribution in [-0.2, 0) is 30.5 Å². The highest BCUT2D eigenvalue weighted by Crippen LogP contribution is 2.20. The molecule has 1 N–H and O–H groups in total. The maximum Gasteiger partial charge on any atom is 0.408 e. The van der Waals surface area contributed by atoms with Crippen molar-refractivity contribution in [3.05, 3.63) is 35.9 Å². The van der Waals surface area contributed by atoms with Gasteiger partial charge in [0.25, 0.3) is 0 Å². The molecule has 1 aromatic carbocycles. The Kier molecular flexibility index (Phi) is 8.80. The summed E-state index contributed by atoms with van der Waals surface area (Å²) in [6, 6.07) is 8.58. The van der Waals surface area contributed by atoms with E-state index in [4.69, 9.17) is 9.47 Å². The molecule has 1 aliphatic rings. The van der Waals surface area contributed by atoms with Crippen LogP contribution in [0.2, 0.25) is 0 Å². The molecular weight excluding hydrogens is 412 g/mol. The van der Waals surface area contributed by atoms with Crippen LogP contribution in [0.15, 0.2) is 30.3 Å². The topological polar surface area (TPSA) is 102 Å². The summed E-state index contributed by atoms with van der Waals surface area (Å²) in [5, 5.41) is 2.68. The van der Waals surface area contributed by atoms with Gasteiger partial charge in [-0.25, -0.2) is 9.59 Å². The van der Waals surface area contributed by atoms with E-state index >= 15 is 0 Å². The van der Waals surface area contributed by atoms with E-state index < -0.39 is 35.4 Å². The van der Waals surface area contributed by atoms with E-state index in [0.717, 1.165) is 5.56 Å². The van der Waals surface area contributed by atoms with Crippen LogP contribution in [0.4, 0.5) is 4.79 Å². The van der Waals surface area contributed by atoms with Crippen molar-refractivity contribution >= 4 is 23.8 Å². The van der Waals surface area contributed by atoms with E-state index in [9.17, 15) is 19.2 Å². The number of esters is 1. The van der Waals surface area contributed by atoms with Gasteiger partial charge in [-0.15, -0.1) is 0 Å². The molecule has 8 heteroatoms. The lowest BCUT2D eigenvalue weighted by Gasteiger charge is -2.35. The number of carbonyl (C=O) groups excluding carboxylic acids is 4.